The van der Waals surface area contributed by atoms with E-state index in [0.29, 0.717) is 4.68 Å². The van der Waals surface area contributed by atoms with Crippen LogP contribution in [0.5, 0.6) is 11.6 Å². The number of rotatable bonds is 4. The van der Waals surface area contributed by atoms with Gasteiger partial charge in [0.1, 0.15) is 6.07 Å². The highest BCUT2D eigenvalue weighted by Crippen LogP contribution is 2.38. The summed E-state index contributed by atoms with van der Waals surface area (Å²) in [5.41, 5.74) is -4.52. The molecule has 0 amide bonds. The summed E-state index contributed by atoms with van der Waals surface area (Å²) in [6.45, 7) is 3.14. The molecule has 3 rings (SSSR count). The molecule has 0 aliphatic carbocycles. The SMILES string of the molecule is [2H]c1c(Cl)c(Oc2n[nH]c(=O)c(C(C)C)c2F)c(Cl)c([2H])c1-n1nc(C#N)c(=O)[nH]c1=O. The number of hydrogen-bond donors (Lipinski definition) is 2. The standard InChI is InChI=1S/C17H11Cl2FN6O4/c1-6(2)11-12(20)16(24-23-15(11)28)30-13-8(18)3-7(4-9(13)19)26-17(29)22-14(27)10(5-21)25-26/h3-4,6H,1-2H3,(H,23,28)(H,22,27,29)/i3D,4D. The number of nitrogens with one attached hydrogen (secondary N) is 2. The summed E-state index contributed by atoms with van der Waals surface area (Å²) in [5.74, 6) is -2.87. The van der Waals surface area contributed by atoms with E-state index in [0.717, 1.165) is 0 Å². The Kier molecular flexibility index (Phi) is 5.00. The second-order valence-electron chi connectivity index (χ2n) is 6.03. The fourth-order valence-electron chi connectivity index (χ4n) is 2.37. The molecule has 0 aliphatic heterocycles. The molecule has 0 unspecified atom stereocenters. The average Bonchev–Trinajstić information content (AvgIpc) is 2.72. The van der Waals surface area contributed by atoms with Gasteiger partial charge in [0.05, 0.1) is 24.0 Å². The van der Waals surface area contributed by atoms with Gasteiger partial charge in [-0.1, -0.05) is 37.0 Å². The number of halogens is 3. The van der Waals surface area contributed by atoms with Crippen molar-refractivity contribution in [2.45, 2.75) is 19.8 Å². The lowest BCUT2D eigenvalue weighted by atomic mass is 10.1. The van der Waals surface area contributed by atoms with E-state index in [2.05, 4.69) is 15.3 Å². The van der Waals surface area contributed by atoms with Crippen LogP contribution in [0.25, 0.3) is 5.69 Å². The quantitative estimate of drug-likeness (QED) is 0.613. The highest BCUT2D eigenvalue weighted by Gasteiger charge is 2.21. The van der Waals surface area contributed by atoms with Gasteiger partial charge in [0.2, 0.25) is 5.69 Å². The third-order valence-electron chi connectivity index (χ3n) is 3.70. The van der Waals surface area contributed by atoms with Crippen LogP contribution in [-0.4, -0.2) is 25.0 Å². The number of aromatic amines is 2. The van der Waals surface area contributed by atoms with Crippen molar-refractivity contribution in [3.63, 3.8) is 0 Å². The summed E-state index contributed by atoms with van der Waals surface area (Å²) in [6, 6.07) is 0.0661. The van der Waals surface area contributed by atoms with Crippen molar-refractivity contribution in [1.29, 1.82) is 5.26 Å². The van der Waals surface area contributed by atoms with E-state index in [-0.39, 0.29) is 5.56 Å². The van der Waals surface area contributed by atoms with Gasteiger partial charge in [-0.2, -0.15) is 9.94 Å². The third kappa shape index (κ3) is 3.83. The van der Waals surface area contributed by atoms with Crippen LogP contribution >= 0.6 is 23.2 Å². The lowest BCUT2D eigenvalue weighted by Crippen LogP contribution is -2.33. The predicted octanol–water partition coefficient (Wildman–Crippen LogP) is 2.24. The molecular formula is C17H11Cl2FN6O4. The highest BCUT2D eigenvalue weighted by molar-refractivity contribution is 6.37. The smallest absolute Gasteiger partial charge is 0.349 e. The zero-order chi connectivity index (χ0) is 23.9. The largest absolute Gasteiger partial charge is 0.432 e. The van der Waals surface area contributed by atoms with Crippen molar-refractivity contribution in [3.8, 4) is 23.4 Å². The second kappa shape index (κ2) is 8.10. The van der Waals surface area contributed by atoms with E-state index in [1.165, 1.54) is 6.07 Å². The normalized spacial score (nSPS) is 11.8. The summed E-state index contributed by atoms with van der Waals surface area (Å²) < 4.78 is 36.9. The Morgan fingerprint density at radius 3 is 2.47 bits per heavy atom. The van der Waals surface area contributed by atoms with Crippen LogP contribution in [0.2, 0.25) is 10.0 Å². The number of nitrogens with zero attached hydrogens (tertiary/aromatic N) is 4. The molecule has 0 fully saturated rings. The number of benzene rings is 1. The molecule has 3 aromatic rings. The van der Waals surface area contributed by atoms with Gasteiger partial charge in [0.25, 0.3) is 17.0 Å². The van der Waals surface area contributed by atoms with E-state index in [1.54, 1.807) is 13.8 Å². The van der Waals surface area contributed by atoms with Crippen LogP contribution in [0.3, 0.4) is 0 Å². The molecular weight excluding hydrogens is 442 g/mol. The first kappa shape index (κ1) is 18.5. The minimum atomic E-state index is -1.16. The van der Waals surface area contributed by atoms with Crippen molar-refractivity contribution in [3.05, 3.63) is 70.4 Å². The Hall–Kier alpha value is -3.49. The molecule has 0 radical (unpaired) electrons. The predicted molar refractivity (Wildman–Crippen MR) is 104 cm³/mol. The molecule has 10 nitrogen and oxygen atoms in total. The van der Waals surface area contributed by atoms with Gasteiger partial charge in [-0.05, 0) is 18.0 Å². The van der Waals surface area contributed by atoms with Crippen LogP contribution in [0.1, 0.15) is 33.8 Å². The average molecular weight is 455 g/mol. The Balaban J connectivity index is 2.24. The molecule has 0 aliphatic rings. The fraction of sp³-hybridized carbons (Fsp3) is 0.176. The minimum Gasteiger partial charge on any atom is -0.432 e. The second-order valence-corrected chi connectivity index (χ2v) is 6.79. The molecule has 2 N–H and O–H groups in total. The van der Waals surface area contributed by atoms with Gasteiger partial charge in [-0.25, -0.2) is 14.3 Å². The summed E-state index contributed by atoms with van der Waals surface area (Å²) in [4.78, 5) is 37.4. The van der Waals surface area contributed by atoms with E-state index in [4.69, 9.17) is 35.9 Å². The van der Waals surface area contributed by atoms with Gasteiger partial charge in [0.15, 0.2) is 11.6 Å². The maximum atomic E-state index is 14.7. The van der Waals surface area contributed by atoms with Crippen molar-refractivity contribution in [2.24, 2.45) is 0 Å². The molecule has 0 saturated heterocycles. The molecule has 154 valence electrons. The number of H-pyrrole nitrogens is 2. The van der Waals surface area contributed by atoms with E-state index in [9.17, 15) is 18.8 Å². The number of ether oxygens (including phenoxy) is 1. The zero-order valence-corrected chi connectivity index (χ0v) is 16.6. The summed E-state index contributed by atoms with van der Waals surface area (Å²) in [7, 11) is 0. The van der Waals surface area contributed by atoms with Gasteiger partial charge in [-0.15, -0.1) is 10.2 Å². The maximum absolute atomic E-state index is 14.7. The Labute approximate surface area is 179 Å². The fourth-order valence-corrected chi connectivity index (χ4v) is 2.87. The molecule has 0 saturated carbocycles. The molecule has 0 spiro atoms. The van der Waals surface area contributed by atoms with Crippen molar-refractivity contribution in [1.82, 2.24) is 25.0 Å². The molecule has 13 heteroatoms. The van der Waals surface area contributed by atoms with E-state index in [1.807, 2.05) is 4.98 Å². The topological polar surface area (TPSA) is 147 Å². The van der Waals surface area contributed by atoms with Crippen molar-refractivity contribution >= 4 is 23.2 Å². The van der Waals surface area contributed by atoms with E-state index >= 15 is 0 Å². The zero-order valence-electron chi connectivity index (χ0n) is 17.1. The molecule has 2 aromatic heterocycles. The lowest BCUT2D eigenvalue weighted by molar-refractivity contribution is 0.407. The molecule has 0 bridgehead atoms. The highest BCUT2D eigenvalue weighted by atomic mass is 35.5. The van der Waals surface area contributed by atoms with Gasteiger partial charge >= 0.3 is 5.69 Å². The molecule has 1 aromatic carbocycles. The lowest BCUT2D eigenvalue weighted by Gasteiger charge is -2.13. The summed E-state index contributed by atoms with van der Waals surface area (Å²) >= 11 is 12.3. The van der Waals surface area contributed by atoms with Crippen LogP contribution in [0.4, 0.5) is 4.39 Å². The number of aromatic nitrogens is 5. The van der Waals surface area contributed by atoms with Crippen molar-refractivity contribution < 1.29 is 11.9 Å². The summed E-state index contributed by atoms with van der Waals surface area (Å²) in [6.07, 6.45) is 0. The van der Waals surface area contributed by atoms with Crippen LogP contribution < -0.4 is 21.5 Å². The van der Waals surface area contributed by atoms with Crippen LogP contribution in [0.15, 0.2) is 26.5 Å². The first-order valence-corrected chi connectivity index (χ1v) is 8.83. The Morgan fingerprint density at radius 2 is 1.90 bits per heavy atom. The monoisotopic (exact) mass is 454 g/mol. The van der Waals surface area contributed by atoms with Crippen LogP contribution in [0, 0.1) is 17.1 Å². The maximum Gasteiger partial charge on any atom is 0.349 e. The first-order valence-electron chi connectivity index (χ1n) is 9.07. The van der Waals surface area contributed by atoms with Crippen molar-refractivity contribution in [2.75, 3.05) is 0 Å². The Morgan fingerprint density at radius 1 is 1.27 bits per heavy atom. The molecule has 0 atom stereocenters. The Bertz CT molecular complexity index is 1450. The number of nitriles is 1. The van der Waals surface area contributed by atoms with Gasteiger partial charge in [-0.3, -0.25) is 14.6 Å². The van der Waals surface area contributed by atoms with E-state index < -0.39 is 73.7 Å². The van der Waals surface area contributed by atoms with Gasteiger partial charge < -0.3 is 4.74 Å². The molecule has 2 heterocycles. The minimum absolute atomic E-state index is 0.246. The summed E-state index contributed by atoms with van der Waals surface area (Å²) in [5, 5.41) is 16.9. The number of hydrogen-bond acceptors (Lipinski definition) is 7. The van der Waals surface area contributed by atoms with Crippen LogP contribution in [-0.2, 0) is 0 Å². The third-order valence-corrected chi connectivity index (χ3v) is 4.24. The first-order chi connectivity index (χ1) is 15.0. The van der Waals surface area contributed by atoms with Gasteiger partial charge in [0, 0.05) is 0 Å². The molecule has 30 heavy (non-hydrogen) atoms.